The smallest absolute Gasteiger partial charge is 0.224 e. The first kappa shape index (κ1) is 15.0. The van der Waals surface area contributed by atoms with Gasteiger partial charge in [0.1, 0.15) is 0 Å². The summed E-state index contributed by atoms with van der Waals surface area (Å²) in [7, 11) is 0. The molecule has 0 spiro atoms. The predicted molar refractivity (Wildman–Crippen MR) is 79.2 cm³/mol. The average molecular weight is 276 g/mol. The molecule has 1 aromatic rings. The summed E-state index contributed by atoms with van der Waals surface area (Å²) in [6, 6.07) is 10.1. The van der Waals surface area contributed by atoms with Gasteiger partial charge in [-0.1, -0.05) is 37.3 Å². The third kappa shape index (κ3) is 4.62. The lowest BCUT2D eigenvalue weighted by Gasteiger charge is -2.14. The van der Waals surface area contributed by atoms with E-state index in [4.69, 9.17) is 4.74 Å². The lowest BCUT2D eigenvalue weighted by atomic mass is 9.97. The molecule has 2 unspecified atom stereocenters. The number of rotatable bonds is 7. The Morgan fingerprint density at radius 1 is 1.35 bits per heavy atom. The molecular formula is C16H24N2O2. The van der Waals surface area contributed by atoms with Gasteiger partial charge in [0.15, 0.2) is 0 Å². The molecule has 2 rings (SSSR count). The first-order valence-electron chi connectivity index (χ1n) is 7.37. The Hall–Kier alpha value is -1.39. The number of amides is 1. The Labute approximate surface area is 120 Å². The van der Waals surface area contributed by atoms with Crippen LogP contribution in [0.25, 0.3) is 0 Å². The Kier molecular flexibility index (Phi) is 6.02. The van der Waals surface area contributed by atoms with Crippen LogP contribution in [0.15, 0.2) is 30.3 Å². The van der Waals surface area contributed by atoms with E-state index in [9.17, 15) is 4.79 Å². The minimum absolute atomic E-state index is 0.125. The molecule has 1 aliphatic heterocycles. The Morgan fingerprint density at radius 2 is 2.15 bits per heavy atom. The number of hydrogen-bond donors (Lipinski definition) is 2. The molecule has 1 amide bonds. The second-order valence-electron chi connectivity index (χ2n) is 5.42. The summed E-state index contributed by atoms with van der Waals surface area (Å²) >= 11 is 0. The first-order chi connectivity index (χ1) is 9.77. The molecule has 110 valence electrons. The number of hydrogen-bond acceptors (Lipinski definition) is 3. The van der Waals surface area contributed by atoms with Crippen LogP contribution in [-0.4, -0.2) is 32.1 Å². The summed E-state index contributed by atoms with van der Waals surface area (Å²) in [6.07, 6.45) is 0.854. The maximum Gasteiger partial charge on any atom is 0.224 e. The third-order valence-corrected chi connectivity index (χ3v) is 3.73. The van der Waals surface area contributed by atoms with Crippen LogP contribution in [0.5, 0.6) is 0 Å². The van der Waals surface area contributed by atoms with Crippen molar-refractivity contribution in [2.75, 3.05) is 26.2 Å². The van der Waals surface area contributed by atoms with Gasteiger partial charge in [-0.2, -0.15) is 0 Å². The number of nitrogens with one attached hydrogen (secondary N) is 2. The predicted octanol–water partition coefficient (Wildman–Crippen LogP) is 1.56. The molecular weight excluding hydrogens is 252 g/mol. The maximum absolute atomic E-state index is 11.9. The van der Waals surface area contributed by atoms with Gasteiger partial charge in [0.25, 0.3) is 0 Å². The summed E-state index contributed by atoms with van der Waals surface area (Å²) in [6.45, 7) is 5.87. The van der Waals surface area contributed by atoms with Gasteiger partial charge in [0.2, 0.25) is 5.91 Å². The lowest BCUT2D eigenvalue weighted by Crippen LogP contribution is -2.35. The second kappa shape index (κ2) is 8.02. The van der Waals surface area contributed by atoms with Crippen LogP contribution in [-0.2, 0) is 16.1 Å². The van der Waals surface area contributed by atoms with Crippen LogP contribution in [0.1, 0.15) is 18.9 Å². The molecule has 20 heavy (non-hydrogen) atoms. The molecule has 1 aromatic carbocycles. The summed E-state index contributed by atoms with van der Waals surface area (Å²) in [5, 5.41) is 6.24. The molecule has 1 aliphatic rings. The summed E-state index contributed by atoms with van der Waals surface area (Å²) in [4.78, 5) is 11.9. The van der Waals surface area contributed by atoms with Crippen molar-refractivity contribution >= 4 is 5.91 Å². The highest BCUT2D eigenvalue weighted by atomic mass is 16.5. The van der Waals surface area contributed by atoms with Crippen LogP contribution in [0.2, 0.25) is 0 Å². The molecule has 1 fully saturated rings. The van der Waals surface area contributed by atoms with Crippen LogP contribution in [0.4, 0.5) is 0 Å². The van der Waals surface area contributed by atoms with Gasteiger partial charge in [-0.25, -0.2) is 0 Å². The number of benzene rings is 1. The van der Waals surface area contributed by atoms with Crippen LogP contribution in [0.3, 0.4) is 0 Å². The van der Waals surface area contributed by atoms with Gasteiger partial charge in [-0.05, 0) is 24.4 Å². The van der Waals surface area contributed by atoms with E-state index < -0.39 is 0 Å². The maximum atomic E-state index is 11.9. The lowest BCUT2D eigenvalue weighted by molar-refractivity contribution is -0.125. The molecule has 0 aromatic heterocycles. The van der Waals surface area contributed by atoms with E-state index in [2.05, 4.69) is 29.7 Å². The molecule has 4 heteroatoms. The van der Waals surface area contributed by atoms with E-state index >= 15 is 0 Å². The summed E-state index contributed by atoms with van der Waals surface area (Å²) < 4.78 is 5.58. The molecule has 0 aliphatic carbocycles. The zero-order valence-corrected chi connectivity index (χ0v) is 12.1. The Balaban J connectivity index is 1.52. The fraction of sp³-hybridized carbons (Fsp3) is 0.562. The zero-order chi connectivity index (χ0) is 14.2. The van der Waals surface area contributed by atoms with Gasteiger partial charge in [0.05, 0.1) is 12.5 Å². The molecule has 0 bridgehead atoms. The fourth-order valence-corrected chi connectivity index (χ4v) is 2.44. The van der Waals surface area contributed by atoms with Gasteiger partial charge in [-0.3, -0.25) is 4.79 Å². The van der Waals surface area contributed by atoms with E-state index in [1.807, 2.05) is 18.2 Å². The van der Waals surface area contributed by atoms with Crippen molar-refractivity contribution in [1.29, 1.82) is 0 Å². The van der Waals surface area contributed by atoms with E-state index in [0.717, 1.165) is 19.5 Å². The third-order valence-electron chi connectivity index (χ3n) is 3.73. The van der Waals surface area contributed by atoms with E-state index in [1.54, 1.807) is 0 Å². The van der Waals surface area contributed by atoms with Crippen molar-refractivity contribution in [3.05, 3.63) is 35.9 Å². The minimum atomic E-state index is 0.125. The monoisotopic (exact) mass is 276 g/mol. The molecule has 2 atom stereocenters. The number of ether oxygens (including phenoxy) is 1. The SMILES string of the molecule is CC1CNCC1C(=O)NCCCOCc1ccccc1. The van der Waals surface area contributed by atoms with Gasteiger partial charge in [0, 0.05) is 19.7 Å². The van der Waals surface area contributed by atoms with Crippen LogP contribution >= 0.6 is 0 Å². The molecule has 0 radical (unpaired) electrons. The molecule has 0 saturated carbocycles. The average Bonchev–Trinajstić information content (AvgIpc) is 2.90. The molecule has 1 saturated heterocycles. The fourth-order valence-electron chi connectivity index (χ4n) is 2.44. The summed E-state index contributed by atoms with van der Waals surface area (Å²) in [5.74, 6) is 0.732. The van der Waals surface area contributed by atoms with Crippen molar-refractivity contribution in [1.82, 2.24) is 10.6 Å². The minimum Gasteiger partial charge on any atom is -0.377 e. The highest BCUT2D eigenvalue weighted by molar-refractivity contribution is 5.79. The second-order valence-corrected chi connectivity index (χ2v) is 5.42. The standard InChI is InChI=1S/C16H24N2O2/c1-13-10-17-11-15(13)16(19)18-8-5-9-20-12-14-6-3-2-4-7-14/h2-4,6-7,13,15,17H,5,8-12H2,1H3,(H,18,19). The van der Waals surface area contributed by atoms with E-state index in [0.29, 0.717) is 25.7 Å². The highest BCUT2D eigenvalue weighted by Gasteiger charge is 2.28. The zero-order valence-electron chi connectivity index (χ0n) is 12.1. The Bertz CT molecular complexity index is 408. The van der Waals surface area contributed by atoms with E-state index in [-0.39, 0.29) is 11.8 Å². The van der Waals surface area contributed by atoms with Crippen molar-refractivity contribution in [2.45, 2.75) is 20.0 Å². The van der Waals surface area contributed by atoms with Crippen molar-refractivity contribution in [2.24, 2.45) is 11.8 Å². The normalized spacial score (nSPS) is 21.9. The number of carbonyl (C=O) groups is 1. The van der Waals surface area contributed by atoms with Crippen molar-refractivity contribution < 1.29 is 9.53 Å². The Morgan fingerprint density at radius 3 is 2.85 bits per heavy atom. The molecule has 4 nitrogen and oxygen atoms in total. The first-order valence-corrected chi connectivity index (χ1v) is 7.37. The van der Waals surface area contributed by atoms with Crippen molar-refractivity contribution in [3.8, 4) is 0 Å². The topological polar surface area (TPSA) is 50.4 Å². The van der Waals surface area contributed by atoms with Crippen LogP contribution < -0.4 is 10.6 Å². The van der Waals surface area contributed by atoms with Gasteiger partial charge in [-0.15, -0.1) is 0 Å². The molecule has 1 heterocycles. The van der Waals surface area contributed by atoms with Gasteiger partial charge < -0.3 is 15.4 Å². The number of carbonyl (C=O) groups excluding carboxylic acids is 1. The molecule has 2 N–H and O–H groups in total. The van der Waals surface area contributed by atoms with E-state index in [1.165, 1.54) is 5.56 Å². The van der Waals surface area contributed by atoms with Gasteiger partial charge >= 0.3 is 0 Å². The highest BCUT2D eigenvalue weighted by Crippen LogP contribution is 2.15. The summed E-state index contributed by atoms with van der Waals surface area (Å²) in [5.41, 5.74) is 1.18. The van der Waals surface area contributed by atoms with Crippen LogP contribution in [0, 0.1) is 11.8 Å². The quantitative estimate of drug-likeness (QED) is 0.743. The van der Waals surface area contributed by atoms with Crippen molar-refractivity contribution in [3.63, 3.8) is 0 Å². The largest absolute Gasteiger partial charge is 0.377 e.